The molecule has 0 aliphatic heterocycles. The van der Waals surface area contributed by atoms with Gasteiger partial charge in [0.15, 0.2) is 22.8 Å². The largest absolute Gasteiger partial charge is 0.478 e. The van der Waals surface area contributed by atoms with E-state index in [0.29, 0.717) is 36.1 Å². The minimum Gasteiger partial charge on any atom is -0.478 e. The van der Waals surface area contributed by atoms with E-state index in [1.807, 2.05) is 0 Å². The zero-order valence-electron chi connectivity index (χ0n) is 28.6. The molecule has 4 rings (SSSR count). The molecule has 4 aromatic rings. The van der Waals surface area contributed by atoms with Gasteiger partial charge in [0, 0.05) is 24.0 Å². The fraction of sp³-hybridized carbons (Fsp3) is 0.308. The quantitative estimate of drug-likeness (QED) is 0.112. The number of aryl methyl sites for hydroxylation is 3. The molecule has 0 aliphatic rings. The van der Waals surface area contributed by atoms with E-state index in [1.165, 1.54) is 62.4 Å². The van der Waals surface area contributed by atoms with Gasteiger partial charge in [-0.3, -0.25) is 9.59 Å². The monoisotopic (exact) mass is 714 g/mol. The van der Waals surface area contributed by atoms with Crippen LogP contribution in [0, 0.1) is 20.8 Å². The first-order valence-corrected chi connectivity index (χ1v) is 15.8. The molecule has 0 saturated carbocycles. The van der Waals surface area contributed by atoms with Crippen molar-refractivity contribution in [3.63, 3.8) is 0 Å². The lowest BCUT2D eigenvalue weighted by molar-refractivity contribution is -0.259. The summed E-state index contributed by atoms with van der Waals surface area (Å²) in [7, 11) is 0. The van der Waals surface area contributed by atoms with Gasteiger partial charge in [-0.05, 0) is 115 Å². The fourth-order valence-electron chi connectivity index (χ4n) is 6.09. The summed E-state index contributed by atoms with van der Waals surface area (Å²) in [5.41, 5.74) is -6.18. The molecular formula is C39H36F6O6. The van der Waals surface area contributed by atoms with Crippen molar-refractivity contribution in [2.45, 2.75) is 77.9 Å². The number of benzene rings is 4. The third-order valence-electron chi connectivity index (χ3n) is 9.23. The smallest absolute Gasteiger partial charge is 0.421 e. The maximum atomic E-state index is 14.3. The molecule has 0 fully saturated rings. The Bertz CT molecular complexity index is 2020. The van der Waals surface area contributed by atoms with E-state index in [9.17, 15) is 56.0 Å². The summed E-state index contributed by atoms with van der Waals surface area (Å²) in [6.45, 7) is 7.15. The zero-order valence-corrected chi connectivity index (χ0v) is 28.6. The van der Waals surface area contributed by atoms with Gasteiger partial charge in [0.1, 0.15) is 0 Å². The number of carbonyl (C=O) groups is 3. The Labute approximate surface area is 290 Å². The Morgan fingerprint density at radius 3 is 1.61 bits per heavy atom. The van der Waals surface area contributed by atoms with E-state index in [4.69, 9.17) is 0 Å². The first kappa shape index (κ1) is 39.0. The van der Waals surface area contributed by atoms with Crippen LogP contribution in [0.3, 0.4) is 0 Å². The molecule has 2 atom stereocenters. The van der Waals surface area contributed by atoms with Crippen molar-refractivity contribution in [2.24, 2.45) is 0 Å². The van der Waals surface area contributed by atoms with E-state index in [-0.39, 0.29) is 51.1 Å². The van der Waals surface area contributed by atoms with Crippen molar-refractivity contribution in [2.75, 3.05) is 0 Å². The highest BCUT2D eigenvalue weighted by Gasteiger charge is 2.53. The number of Topliss-reactive ketones (excluding diaryl/α,β-unsaturated/α-hetero) is 2. The van der Waals surface area contributed by atoms with Gasteiger partial charge in [0.2, 0.25) is 0 Å². The highest BCUT2D eigenvalue weighted by atomic mass is 19.4. The second-order valence-electron chi connectivity index (χ2n) is 13.0. The summed E-state index contributed by atoms with van der Waals surface area (Å²) in [4.78, 5) is 37.5. The predicted molar refractivity (Wildman–Crippen MR) is 179 cm³/mol. The number of ketones is 2. The lowest BCUT2D eigenvalue weighted by Gasteiger charge is -2.31. The number of alkyl halides is 6. The topological polar surface area (TPSA) is 112 Å². The maximum absolute atomic E-state index is 14.3. The number of halogens is 6. The molecule has 2 unspecified atom stereocenters. The van der Waals surface area contributed by atoms with Crippen molar-refractivity contribution in [3.8, 4) is 22.3 Å². The minimum absolute atomic E-state index is 0.0542. The van der Waals surface area contributed by atoms with Crippen LogP contribution in [0.15, 0.2) is 66.7 Å². The molecule has 51 heavy (non-hydrogen) atoms. The van der Waals surface area contributed by atoms with Gasteiger partial charge in [-0.1, -0.05) is 49.4 Å². The first-order valence-electron chi connectivity index (χ1n) is 15.8. The Morgan fingerprint density at radius 1 is 0.608 bits per heavy atom. The number of hydrogen-bond acceptors (Lipinski definition) is 5. The SMILES string of the molecule is CCC(=O)c1ccc(-c2ccc(C(=O)Cc3cc(C)c(-c4cc(C(C)(O)C(F)(F)F)c(C)cc4C)cc3C(C)(O)C(F)(F)F)cc2)cc1C(=O)O. The third-order valence-corrected chi connectivity index (χ3v) is 9.23. The van der Waals surface area contributed by atoms with Crippen LogP contribution in [-0.2, 0) is 17.6 Å². The standard InChI is InChI=1S/C39H36F6O6/c1-7-33(46)27-13-12-25(16-30(27)35(48)49)23-8-10-24(11-9-23)34(47)17-26-15-21(3)29(19-32(26)37(6,51)39(43,44)45)28-18-31(22(4)14-20(28)2)36(5,50)38(40,41)42/h8-16,18-19,50-51H,7,17H2,1-6H3,(H,48,49). The third kappa shape index (κ3) is 7.48. The van der Waals surface area contributed by atoms with Crippen molar-refractivity contribution in [3.05, 3.63) is 117 Å². The van der Waals surface area contributed by atoms with Gasteiger partial charge >= 0.3 is 18.3 Å². The molecule has 6 nitrogen and oxygen atoms in total. The summed E-state index contributed by atoms with van der Waals surface area (Å²) in [6, 6.07) is 14.9. The van der Waals surface area contributed by atoms with Crippen LogP contribution >= 0.6 is 0 Å². The number of aromatic carboxylic acids is 1. The highest BCUT2D eigenvalue weighted by molar-refractivity contribution is 6.06. The minimum atomic E-state index is -5.21. The van der Waals surface area contributed by atoms with Crippen LogP contribution in [0.2, 0.25) is 0 Å². The van der Waals surface area contributed by atoms with Crippen LogP contribution in [0.4, 0.5) is 26.3 Å². The molecule has 3 N–H and O–H groups in total. The number of carbonyl (C=O) groups excluding carboxylic acids is 2. The molecule has 12 heteroatoms. The second-order valence-corrected chi connectivity index (χ2v) is 13.0. The summed E-state index contributed by atoms with van der Waals surface area (Å²) >= 11 is 0. The average molecular weight is 715 g/mol. The number of rotatable bonds is 10. The molecular weight excluding hydrogens is 678 g/mol. The van der Waals surface area contributed by atoms with Crippen LogP contribution in [-0.4, -0.2) is 45.2 Å². The van der Waals surface area contributed by atoms with E-state index >= 15 is 0 Å². The van der Waals surface area contributed by atoms with Crippen LogP contribution in [0.25, 0.3) is 22.3 Å². The van der Waals surface area contributed by atoms with Gasteiger partial charge in [-0.2, -0.15) is 26.3 Å². The van der Waals surface area contributed by atoms with E-state index < -0.39 is 52.9 Å². The lowest BCUT2D eigenvalue weighted by atomic mass is 9.81. The fourth-order valence-corrected chi connectivity index (χ4v) is 6.09. The van der Waals surface area contributed by atoms with Crippen molar-refractivity contribution >= 4 is 17.5 Å². The molecule has 0 heterocycles. The average Bonchev–Trinajstić information content (AvgIpc) is 3.03. The summed E-state index contributed by atoms with van der Waals surface area (Å²) in [5, 5.41) is 30.9. The molecule has 0 aliphatic carbocycles. The Morgan fingerprint density at radius 2 is 1.10 bits per heavy atom. The molecule has 270 valence electrons. The first-order chi connectivity index (χ1) is 23.4. The number of carboxylic acid groups (broad SMARTS) is 1. The zero-order chi connectivity index (χ0) is 38.4. The summed E-state index contributed by atoms with van der Waals surface area (Å²) < 4.78 is 84.3. The van der Waals surface area contributed by atoms with Crippen molar-refractivity contribution in [1.82, 2.24) is 0 Å². The summed E-state index contributed by atoms with van der Waals surface area (Å²) in [5.74, 6) is -2.25. The van der Waals surface area contributed by atoms with E-state index in [0.717, 1.165) is 12.1 Å². The second kappa shape index (κ2) is 13.7. The van der Waals surface area contributed by atoms with Crippen LogP contribution in [0.5, 0.6) is 0 Å². The van der Waals surface area contributed by atoms with Gasteiger partial charge in [-0.25, -0.2) is 4.79 Å². The van der Waals surface area contributed by atoms with Gasteiger partial charge in [0.25, 0.3) is 0 Å². The van der Waals surface area contributed by atoms with Gasteiger partial charge < -0.3 is 15.3 Å². The number of hydrogen-bond donors (Lipinski definition) is 3. The maximum Gasteiger partial charge on any atom is 0.421 e. The van der Waals surface area contributed by atoms with Crippen molar-refractivity contribution < 1.29 is 56.0 Å². The normalized spacial score (nSPS) is 14.5. The molecule has 0 radical (unpaired) electrons. The Balaban J connectivity index is 1.78. The lowest BCUT2D eigenvalue weighted by Crippen LogP contribution is -2.40. The predicted octanol–water partition coefficient (Wildman–Crippen LogP) is 9.20. The van der Waals surface area contributed by atoms with Gasteiger partial charge in [-0.15, -0.1) is 0 Å². The molecule has 0 saturated heterocycles. The highest BCUT2D eigenvalue weighted by Crippen LogP contribution is 2.45. The van der Waals surface area contributed by atoms with Gasteiger partial charge in [0.05, 0.1) is 5.56 Å². The molecule has 0 amide bonds. The molecule has 4 aromatic carbocycles. The Kier molecular flexibility index (Phi) is 10.5. The summed E-state index contributed by atoms with van der Waals surface area (Å²) in [6.07, 6.45) is -10.7. The van der Waals surface area contributed by atoms with E-state index in [1.54, 1.807) is 19.9 Å². The molecule has 0 bridgehead atoms. The van der Waals surface area contributed by atoms with Crippen LogP contribution in [0.1, 0.15) is 91.6 Å². The Hall–Kier alpha value is -4.81. The molecule has 0 aromatic heterocycles. The number of carboxylic acids is 1. The number of aliphatic hydroxyl groups is 2. The molecule has 0 spiro atoms. The van der Waals surface area contributed by atoms with Crippen molar-refractivity contribution in [1.29, 1.82) is 0 Å². The van der Waals surface area contributed by atoms with Crippen LogP contribution < -0.4 is 0 Å². The van der Waals surface area contributed by atoms with E-state index in [2.05, 4.69) is 0 Å².